The Balaban J connectivity index is 1.25. The standard InChI is InChI=1S/C29H31F3N6O4S2/c1-16-13-37(7-6-33-16)18-4-5-22(20(10-18)17-2-3-17)35-28-34-12-21(29(30,31)32)25(36-28)23-11-24-26(43-23)27(39)38(19-14-42-15-19)8-9-44(24,40)41/h4-5,10-12,16-17,19,33H,2-3,6-9,13-15H2,1H3,(H,34,35,36). The molecule has 1 atom stereocenters. The van der Waals surface area contributed by atoms with E-state index in [0.29, 0.717) is 35.2 Å². The fraction of sp³-hybridized carbons (Fsp3) is 0.483. The highest BCUT2D eigenvalue weighted by molar-refractivity contribution is 7.91. The molecular weight excluding hydrogens is 617 g/mol. The summed E-state index contributed by atoms with van der Waals surface area (Å²) in [4.78, 5) is 25.0. The minimum absolute atomic E-state index is 0.00288. The van der Waals surface area contributed by atoms with Crippen molar-refractivity contribution in [1.29, 1.82) is 0 Å². The van der Waals surface area contributed by atoms with Gasteiger partial charge in [0.05, 0.1) is 40.5 Å². The second-order valence-corrected chi connectivity index (χ2v) is 14.9. The van der Waals surface area contributed by atoms with Gasteiger partial charge in [0.15, 0.2) is 9.84 Å². The molecule has 15 heteroatoms. The fourth-order valence-electron chi connectivity index (χ4n) is 5.90. The number of nitrogens with zero attached hydrogens (tertiary/aromatic N) is 4. The lowest BCUT2D eigenvalue weighted by Gasteiger charge is -2.36. The van der Waals surface area contributed by atoms with Crippen LogP contribution in [0.5, 0.6) is 0 Å². The number of thiophene rings is 1. The zero-order valence-electron chi connectivity index (χ0n) is 23.9. The average Bonchev–Trinajstić information content (AvgIpc) is 3.71. The number of anilines is 3. The number of halogens is 3. The number of piperazine rings is 1. The summed E-state index contributed by atoms with van der Waals surface area (Å²) < 4.78 is 74.1. The summed E-state index contributed by atoms with van der Waals surface area (Å²) in [5.74, 6) is -0.572. The number of carbonyl (C=O) groups is 1. The Hall–Kier alpha value is -3.27. The van der Waals surface area contributed by atoms with Crippen LogP contribution in [-0.2, 0) is 20.8 Å². The number of aromatic nitrogens is 2. The molecule has 5 heterocycles. The summed E-state index contributed by atoms with van der Waals surface area (Å²) >= 11 is 0.709. The highest BCUT2D eigenvalue weighted by atomic mass is 32.2. The number of rotatable bonds is 6. The van der Waals surface area contributed by atoms with Crippen molar-refractivity contribution in [3.63, 3.8) is 0 Å². The lowest BCUT2D eigenvalue weighted by molar-refractivity contribution is -0.137. The maximum absolute atomic E-state index is 14.2. The molecule has 1 amide bonds. The Morgan fingerprint density at radius 1 is 1.16 bits per heavy atom. The van der Waals surface area contributed by atoms with Crippen molar-refractivity contribution < 1.29 is 31.1 Å². The molecule has 1 aromatic carbocycles. The van der Waals surface area contributed by atoms with E-state index in [0.717, 1.165) is 49.8 Å². The third kappa shape index (κ3) is 5.54. The second kappa shape index (κ2) is 11.0. The van der Waals surface area contributed by atoms with Gasteiger partial charge in [-0.15, -0.1) is 11.3 Å². The molecule has 0 radical (unpaired) electrons. The number of hydrogen-bond donors (Lipinski definition) is 2. The van der Waals surface area contributed by atoms with Crippen LogP contribution in [0.15, 0.2) is 35.4 Å². The molecule has 0 bridgehead atoms. The first-order valence-corrected chi connectivity index (χ1v) is 17.0. The van der Waals surface area contributed by atoms with Crippen LogP contribution >= 0.6 is 11.3 Å². The predicted molar refractivity (Wildman–Crippen MR) is 159 cm³/mol. The maximum atomic E-state index is 14.2. The van der Waals surface area contributed by atoms with Gasteiger partial charge in [-0.05, 0) is 55.5 Å². The van der Waals surface area contributed by atoms with E-state index in [1.54, 1.807) is 0 Å². The fourth-order valence-corrected chi connectivity index (χ4v) is 8.82. The van der Waals surface area contributed by atoms with Crippen LogP contribution in [0.25, 0.3) is 10.6 Å². The monoisotopic (exact) mass is 648 g/mol. The summed E-state index contributed by atoms with van der Waals surface area (Å²) in [5, 5.41) is 6.57. The zero-order valence-corrected chi connectivity index (χ0v) is 25.5. The number of ether oxygens (including phenoxy) is 1. The van der Waals surface area contributed by atoms with E-state index >= 15 is 0 Å². The summed E-state index contributed by atoms with van der Waals surface area (Å²) in [6.07, 6.45) is -2.07. The molecule has 10 nitrogen and oxygen atoms in total. The lowest BCUT2D eigenvalue weighted by Crippen LogP contribution is -2.52. The van der Waals surface area contributed by atoms with Crippen molar-refractivity contribution in [3.8, 4) is 10.6 Å². The van der Waals surface area contributed by atoms with Gasteiger partial charge in [0.2, 0.25) is 5.95 Å². The van der Waals surface area contributed by atoms with Crippen molar-refractivity contribution in [1.82, 2.24) is 20.2 Å². The highest BCUT2D eigenvalue weighted by Crippen LogP contribution is 2.46. The molecule has 1 aliphatic carbocycles. The molecule has 7 rings (SSSR count). The third-order valence-corrected chi connectivity index (χ3v) is 11.5. The van der Waals surface area contributed by atoms with E-state index in [1.165, 1.54) is 4.90 Å². The highest BCUT2D eigenvalue weighted by Gasteiger charge is 2.41. The van der Waals surface area contributed by atoms with E-state index in [1.807, 2.05) is 12.1 Å². The topological polar surface area (TPSA) is 117 Å². The molecule has 234 valence electrons. The van der Waals surface area contributed by atoms with Gasteiger partial charge >= 0.3 is 6.18 Å². The molecule has 3 aliphatic heterocycles. The molecule has 2 N–H and O–H groups in total. The number of sulfone groups is 1. The van der Waals surface area contributed by atoms with Gasteiger partial charge in [0.1, 0.15) is 10.4 Å². The maximum Gasteiger partial charge on any atom is 0.420 e. The molecule has 4 aliphatic rings. The van der Waals surface area contributed by atoms with Gasteiger partial charge in [0, 0.05) is 49.8 Å². The van der Waals surface area contributed by atoms with E-state index in [-0.39, 0.29) is 52.2 Å². The van der Waals surface area contributed by atoms with Gasteiger partial charge in [-0.25, -0.2) is 18.4 Å². The van der Waals surface area contributed by atoms with E-state index in [9.17, 15) is 26.4 Å². The van der Waals surface area contributed by atoms with Crippen LogP contribution in [0.3, 0.4) is 0 Å². The van der Waals surface area contributed by atoms with Crippen LogP contribution < -0.4 is 15.5 Å². The van der Waals surface area contributed by atoms with E-state index < -0.39 is 33.2 Å². The summed E-state index contributed by atoms with van der Waals surface area (Å²) in [6.45, 7) is 5.34. The number of fused-ring (bicyclic) bond motifs is 1. The Labute approximate surface area is 256 Å². The minimum Gasteiger partial charge on any atom is -0.377 e. The second-order valence-electron chi connectivity index (χ2n) is 11.7. The molecule has 1 saturated carbocycles. The molecular formula is C29H31F3N6O4S2. The average molecular weight is 649 g/mol. The van der Waals surface area contributed by atoms with Crippen molar-refractivity contribution in [3.05, 3.63) is 46.5 Å². The third-order valence-electron chi connectivity index (χ3n) is 8.51. The summed E-state index contributed by atoms with van der Waals surface area (Å²) in [5.41, 5.74) is 1.27. The van der Waals surface area contributed by atoms with Crippen LogP contribution in [0.2, 0.25) is 0 Å². The Morgan fingerprint density at radius 3 is 2.64 bits per heavy atom. The molecule has 3 fully saturated rings. The van der Waals surface area contributed by atoms with E-state index in [4.69, 9.17) is 4.74 Å². The number of nitrogens with one attached hydrogen (secondary N) is 2. The van der Waals surface area contributed by atoms with Crippen molar-refractivity contribution in [2.24, 2.45) is 0 Å². The Morgan fingerprint density at radius 2 is 1.95 bits per heavy atom. The Bertz CT molecular complexity index is 1720. The Kier molecular flexibility index (Phi) is 7.34. The zero-order chi connectivity index (χ0) is 30.8. The first-order valence-electron chi connectivity index (χ1n) is 14.6. The van der Waals surface area contributed by atoms with Gasteiger partial charge in [0.25, 0.3) is 5.91 Å². The molecule has 2 saturated heterocycles. The minimum atomic E-state index is -4.81. The normalized spacial score (nSPS) is 22.4. The smallest absolute Gasteiger partial charge is 0.377 e. The summed E-state index contributed by atoms with van der Waals surface area (Å²) in [7, 11) is -3.92. The molecule has 2 aromatic heterocycles. The molecule has 1 unspecified atom stereocenters. The van der Waals surface area contributed by atoms with E-state index in [2.05, 4.69) is 38.5 Å². The number of alkyl halides is 3. The number of benzene rings is 1. The summed E-state index contributed by atoms with van der Waals surface area (Å²) in [6, 6.07) is 7.27. The number of amides is 1. The van der Waals surface area contributed by atoms with Gasteiger partial charge in [-0.2, -0.15) is 13.2 Å². The van der Waals surface area contributed by atoms with Gasteiger partial charge in [-0.1, -0.05) is 0 Å². The quantitative estimate of drug-likeness (QED) is 0.404. The van der Waals surface area contributed by atoms with Crippen LogP contribution in [0.1, 0.15) is 46.5 Å². The van der Waals surface area contributed by atoms with Crippen LogP contribution in [0.4, 0.5) is 30.5 Å². The van der Waals surface area contributed by atoms with Crippen molar-refractivity contribution in [2.75, 3.05) is 55.4 Å². The SMILES string of the molecule is CC1CN(c2ccc(Nc3ncc(C(F)(F)F)c(-c4cc5c(s4)C(=O)N(C4COC4)CCS5(=O)=O)n3)c(C3CC3)c2)CCN1. The van der Waals surface area contributed by atoms with Crippen molar-refractivity contribution in [2.45, 2.75) is 48.8 Å². The predicted octanol–water partition coefficient (Wildman–Crippen LogP) is 4.27. The van der Waals surface area contributed by atoms with Gasteiger partial charge in [-0.3, -0.25) is 4.79 Å². The molecule has 0 spiro atoms. The molecule has 3 aromatic rings. The molecule has 44 heavy (non-hydrogen) atoms. The lowest BCUT2D eigenvalue weighted by atomic mass is 10.1. The number of hydrogen-bond acceptors (Lipinski definition) is 10. The first-order chi connectivity index (χ1) is 21.0. The van der Waals surface area contributed by atoms with Crippen molar-refractivity contribution >= 4 is 44.4 Å². The number of carbonyl (C=O) groups excluding carboxylic acids is 1. The largest absolute Gasteiger partial charge is 0.420 e. The van der Waals surface area contributed by atoms with Gasteiger partial charge < -0.3 is 25.2 Å². The first kappa shape index (κ1) is 29.4. The van der Waals surface area contributed by atoms with Crippen LogP contribution in [-0.4, -0.2) is 86.4 Å². The van der Waals surface area contributed by atoms with Crippen LogP contribution in [0, 0.1) is 0 Å².